The van der Waals surface area contributed by atoms with E-state index >= 15 is 0 Å². The Hall–Kier alpha value is -3.79. The first kappa shape index (κ1) is 27.8. The van der Waals surface area contributed by atoms with Crippen LogP contribution < -0.4 is 23.8 Å². The van der Waals surface area contributed by atoms with Crippen molar-refractivity contribution in [3.05, 3.63) is 78.1 Å². The first-order valence-corrected chi connectivity index (χ1v) is 13.2. The Balaban J connectivity index is 1.79. The summed E-state index contributed by atoms with van der Waals surface area (Å²) >= 11 is 0. The normalized spacial score (nSPS) is 11.0. The highest BCUT2D eigenvalue weighted by Crippen LogP contribution is 2.32. The lowest BCUT2D eigenvalue weighted by atomic mass is 10.1. The number of halogens is 1. The van der Waals surface area contributed by atoms with E-state index in [9.17, 15) is 17.6 Å². The molecule has 0 saturated carbocycles. The molecular weight excluding hydrogens is 499 g/mol. The molecule has 0 heterocycles. The van der Waals surface area contributed by atoms with Gasteiger partial charge in [0.1, 0.15) is 18.1 Å². The predicted molar refractivity (Wildman–Crippen MR) is 139 cm³/mol. The molecule has 0 bridgehead atoms. The summed E-state index contributed by atoms with van der Waals surface area (Å²) in [5.41, 5.74) is 1.25. The van der Waals surface area contributed by atoms with E-state index in [2.05, 4.69) is 5.32 Å². The molecule has 0 atom stereocenters. The van der Waals surface area contributed by atoms with Crippen LogP contribution in [0.3, 0.4) is 0 Å². The molecule has 0 fully saturated rings. The Kier molecular flexibility index (Phi) is 9.73. The maximum Gasteiger partial charge on any atom is 0.264 e. The number of rotatable bonds is 13. The molecular formula is C27H31FN2O6S. The zero-order valence-electron chi connectivity index (χ0n) is 21.1. The minimum Gasteiger partial charge on any atom is -0.494 e. The Morgan fingerprint density at radius 1 is 0.946 bits per heavy atom. The number of hydrogen-bond acceptors (Lipinski definition) is 6. The van der Waals surface area contributed by atoms with Gasteiger partial charge in [0, 0.05) is 12.6 Å². The summed E-state index contributed by atoms with van der Waals surface area (Å²) in [5, 5.41) is 2.77. The van der Waals surface area contributed by atoms with Gasteiger partial charge < -0.3 is 19.5 Å². The van der Waals surface area contributed by atoms with Crippen molar-refractivity contribution in [2.45, 2.75) is 24.7 Å². The van der Waals surface area contributed by atoms with Crippen LogP contribution in [-0.2, 0) is 21.2 Å². The Morgan fingerprint density at radius 3 is 2.24 bits per heavy atom. The molecule has 0 aliphatic carbocycles. The number of benzene rings is 3. The number of anilines is 1. The van der Waals surface area contributed by atoms with Crippen molar-refractivity contribution in [1.29, 1.82) is 0 Å². The number of aryl methyl sites for hydroxylation is 1. The van der Waals surface area contributed by atoms with Crippen molar-refractivity contribution in [1.82, 2.24) is 5.32 Å². The number of ether oxygens (including phenoxy) is 3. The number of nitrogens with one attached hydrogen (secondary N) is 1. The number of carbonyl (C=O) groups excluding carboxylic acids is 1. The molecule has 3 aromatic rings. The molecule has 0 aromatic heterocycles. The fourth-order valence-corrected chi connectivity index (χ4v) is 5.09. The molecule has 3 rings (SSSR count). The van der Waals surface area contributed by atoms with E-state index in [0.717, 1.165) is 9.87 Å². The van der Waals surface area contributed by atoms with Crippen molar-refractivity contribution >= 4 is 21.6 Å². The van der Waals surface area contributed by atoms with Gasteiger partial charge in [0.2, 0.25) is 5.91 Å². The Morgan fingerprint density at radius 2 is 1.62 bits per heavy atom. The van der Waals surface area contributed by atoms with Crippen LogP contribution >= 0.6 is 0 Å². The fraction of sp³-hybridized carbons (Fsp3) is 0.296. The summed E-state index contributed by atoms with van der Waals surface area (Å²) in [6, 6.07) is 16.9. The van der Waals surface area contributed by atoms with Gasteiger partial charge in [-0.25, -0.2) is 12.8 Å². The van der Waals surface area contributed by atoms with Crippen LogP contribution in [0.4, 0.5) is 10.1 Å². The summed E-state index contributed by atoms with van der Waals surface area (Å²) in [4.78, 5) is 12.8. The Labute approximate surface area is 217 Å². The summed E-state index contributed by atoms with van der Waals surface area (Å²) in [7, 11) is -1.28. The summed E-state index contributed by atoms with van der Waals surface area (Å²) in [6.45, 7) is 2.22. The van der Waals surface area contributed by atoms with Gasteiger partial charge in [0.15, 0.2) is 11.5 Å². The minimum absolute atomic E-state index is 0.0526. The highest BCUT2D eigenvalue weighted by molar-refractivity contribution is 7.92. The molecule has 0 aliphatic heterocycles. The van der Waals surface area contributed by atoms with E-state index in [1.165, 1.54) is 44.6 Å². The molecule has 1 N–H and O–H groups in total. The number of nitrogens with zero attached hydrogens (tertiary/aromatic N) is 1. The average molecular weight is 531 g/mol. The van der Waals surface area contributed by atoms with E-state index in [4.69, 9.17) is 14.2 Å². The number of sulfonamides is 1. The molecule has 8 nitrogen and oxygen atoms in total. The van der Waals surface area contributed by atoms with Crippen molar-refractivity contribution in [3.63, 3.8) is 0 Å². The molecule has 0 spiro atoms. The molecule has 198 valence electrons. The van der Waals surface area contributed by atoms with Crippen LogP contribution in [0.5, 0.6) is 17.2 Å². The quantitative estimate of drug-likeness (QED) is 0.333. The van der Waals surface area contributed by atoms with E-state index < -0.39 is 22.5 Å². The standard InChI is InChI=1S/C27H31FN2O6S/c1-4-36-23-13-11-22(12-14-23)30(37(32,33)24-15-16-25(34-2)26(18-24)35-3)19-27(31)29-17-5-6-20-7-9-21(28)10-8-20/h7-16,18H,4-6,17,19H2,1-3H3,(H,29,31). The minimum atomic E-state index is -4.15. The fourth-order valence-electron chi connectivity index (χ4n) is 3.65. The average Bonchev–Trinajstić information content (AvgIpc) is 2.91. The monoisotopic (exact) mass is 530 g/mol. The first-order valence-electron chi connectivity index (χ1n) is 11.8. The van der Waals surface area contributed by atoms with Crippen molar-refractivity contribution in [2.24, 2.45) is 0 Å². The zero-order chi connectivity index (χ0) is 26.8. The third kappa shape index (κ3) is 7.36. The number of methoxy groups -OCH3 is 2. The van der Waals surface area contributed by atoms with Gasteiger partial charge in [-0.15, -0.1) is 0 Å². The molecule has 0 radical (unpaired) electrons. The number of amides is 1. The maximum atomic E-state index is 13.7. The van der Waals surface area contributed by atoms with Crippen LogP contribution in [0, 0.1) is 5.82 Å². The molecule has 0 saturated heterocycles. The van der Waals surface area contributed by atoms with E-state index in [-0.39, 0.29) is 16.5 Å². The second kappa shape index (κ2) is 13.0. The SMILES string of the molecule is CCOc1ccc(N(CC(=O)NCCCc2ccc(F)cc2)S(=O)(=O)c2ccc(OC)c(OC)c2)cc1. The summed E-state index contributed by atoms with van der Waals surface area (Å²) < 4.78 is 57.4. The van der Waals surface area contributed by atoms with Gasteiger partial charge >= 0.3 is 0 Å². The van der Waals surface area contributed by atoms with E-state index in [0.29, 0.717) is 43.2 Å². The topological polar surface area (TPSA) is 94.2 Å². The molecule has 37 heavy (non-hydrogen) atoms. The van der Waals surface area contributed by atoms with Crippen LogP contribution in [0.2, 0.25) is 0 Å². The van der Waals surface area contributed by atoms with Gasteiger partial charge in [-0.1, -0.05) is 12.1 Å². The van der Waals surface area contributed by atoms with Crippen molar-refractivity contribution in [3.8, 4) is 17.2 Å². The second-order valence-electron chi connectivity index (χ2n) is 8.04. The lowest BCUT2D eigenvalue weighted by Crippen LogP contribution is -2.41. The molecule has 3 aromatic carbocycles. The van der Waals surface area contributed by atoms with Crippen LogP contribution in [0.15, 0.2) is 71.6 Å². The van der Waals surface area contributed by atoms with Gasteiger partial charge in [0.05, 0.1) is 31.4 Å². The maximum absolute atomic E-state index is 13.7. The van der Waals surface area contributed by atoms with E-state index in [1.54, 1.807) is 36.4 Å². The van der Waals surface area contributed by atoms with Crippen molar-refractivity contribution < 1.29 is 31.8 Å². The molecule has 0 unspecified atom stereocenters. The highest BCUT2D eigenvalue weighted by atomic mass is 32.2. The number of hydrogen-bond donors (Lipinski definition) is 1. The van der Waals surface area contributed by atoms with Gasteiger partial charge in [-0.2, -0.15) is 0 Å². The largest absolute Gasteiger partial charge is 0.494 e. The molecule has 1 amide bonds. The zero-order valence-corrected chi connectivity index (χ0v) is 21.9. The third-order valence-corrected chi connectivity index (χ3v) is 7.31. The van der Waals surface area contributed by atoms with E-state index in [1.807, 2.05) is 6.92 Å². The summed E-state index contributed by atoms with van der Waals surface area (Å²) in [5.74, 6) is 0.451. The Bertz CT molecular complexity index is 1280. The van der Waals surface area contributed by atoms with Crippen LogP contribution in [-0.4, -0.2) is 48.2 Å². The molecule has 10 heteroatoms. The van der Waals surface area contributed by atoms with Gasteiger partial charge in [0.25, 0.3) is 10.0 Å². The highest BCUT2D eigenvalue weighted by Gasteiger charge is 2.28. The second-order valence-corrected chi connectivity index (χ2v) is 9.90. The third-order valence-electron chi connectivity index (χ3n) is 5.54. The summed E-state index contributed by atoms with van der Waals surface area (Å²) in [6.07, 6.45) is 1.26. The van der Waals surface area contributed by atoms with Crippen LogP contribution in [0.25, 0.3) is 0 Å². The van der Waals surface area contributed by atoms with Gasteiger partial charge in [-0.3, -0.25) is 9.10 Å². The first-order chi connectivity index (χ1) is 17.8. The lowest BCUT2D eigenvalue weighted by Gasteiger charge is -2.24. The van der Waals surface area contributed by atoms with Crippen molar-refractivity contribution in [2.75, 3.05) is 38.2 Å². The van der Waals surface area contributed by atoms with Crippen LogP contribution in [0.1, 0.15) is 18.9 Å². The van der Waals surface area contributed by atoms with Gasteiger partial charge in [-0.05, 0) is 73.9 Å². The lowest BCUT2D eigenvalue weighted by molar-refractivity contribution is -0.119. The smallest absolute Gasteiger partial charge is 0.264 e. The predicted octanol–water partition coefficient (Wildman–Crippen LogP) is 4.19. The number of carbonyl (C=O) groups is 1. The molecule has 0 aliphatic rings.